The smallest absolute Gasteiger partial charge is 0.228 e. The second-order valence-electron chi connectivity index (χ2n) is 4.12. The second-order valence-corrected chi connectivity index (χ2v) is 5.32. The van der Waals surface area contributed by atoms with Gasteiger partial charge in [0.1, 0.15) is 5.92 Å². The van der Waals surface area contributed by atoms with Crippen molar-refractivity contribution in [2.24, 2.45) is 11.7 Å². The van der Waals surface area contributed by atoms with Gasteiger partial charge in [0.15, 0.2) is 5.11 Å². The van der Waals surface area contributed by atoms with Crippen molar-refractivity contribution in [3.8, 4) is 0 Å². The lowest BCUT2D eigenvalue weighted by atomic mass is 9.88. The van der Waals surface area contributed by atoms with Crippen LogP contribution in [0.15, 0.2) is 30.5 Å². The zero-order chi connectivity index (χ0) is 14.2. The lowest BCUT2D eigenvalue weighted by Gasteiger charge is -2.34. The summed E-state index contributed by atoms with van der Waals surface area (Å²) in [5.74, 6) is -1.18. The molecule has 4 N–H and O–H groups in total. The van der Waals surface area contributed by atoms with Crippen LogP contribution >= 0.6 is 35.4 Å². The van der Waals surface area contributed by atoms with Crippen LogP contribution in [0.25, 0.3) is 0 Å². The van der Waals surface area contributed by atoms with Crippen molar-refractivity contribution in [1.29, 1.82) is 0 Å². The summed E-state index contributed by atoms with van der Waals surface area (Å²) in [6.45, 7) is 3.78. The topological polar surface area (TPSA) is 67.2 Å². The molecule has 0 bridgehead atoms. The third-order valence-corrected chi connectivity index (χ3v) is 3.95. The van der Waals surface area contributed by atoms with Gasteiger partial charge in [-0.2, -0.15) is 0 Å². The average molecular weight is 316 g/mol. The summed E-state index contributed by atoms with van der Waals surface area (Å²) in [6, 6.07) is 4.70. The molecule has 2 unspecified atom stereocenters. The quantitative estimate of drug-likeness (QED) is 0.731. The number of rotatable bonds is 2. The first-order valence-corrected chi connectivity index (χ1v) is 6.57. The number of benzene rings is 1. The van der Waals surface area contributed by atoms with Crippen molar-refractivity contribution >= 4 is 46.4 Å². The zero-order valence-corrected chi connectivity index (χ0v) is 12.1. The SMILES string of the molecule is C=C1NC(=S)NC(c2cccc(Cl)c2Cl)C1C(N)=O. The van der Waals surface area contributed by atoms with E-state index in [2.05, 4.69) is 17.2 Å². The molecule has 1 fully saturated rings. The van der Waals surface area contributed by atoms with Gasteiger partial charge in [-0.25, -0.2) is 0 Å². The minimum absolute atomic E-state index is 0.364. The summed E-state index contributed by atoms with van der Waals surface area (Å²) in [5, 5.41) is 6.90. The Kier molecular flexibility index (Phi) is 3.99. The Morgan fingerprint density at radius 3 is 2.74 bits per heavy atom. The summed E-state index contributed by atoms with van der Waals surface area (Å²) in [6.07, 6.45) is 0. The summed E-state index contributed by atoms with van der Waals surface area (Å²) in [5.41, 5.74) is 6.52. The van der Waals surface area contributed by atoms with Gasteiger partial charge in [-0.3, -0.25) is 4.79 Å². The predicted octanol–water partition coefficient (Wildman–Crippen LogP) is 2.13. The Hall–Kier alpha value is -1.30. The van der Waals surface area contributed by atoms with Crippen LogP contribution in [0, 0.1) is 5.92 Å². The number of hydrogen-bond donors (Lipinski definition) is 3. The van der Waals surface area contributed by atoms with Crippen molar-refractivity contribution in [2.45, 2.75) is 6.04 Å². The Bertz CT molecular complexity index is 576. The first-order valence-electron chi connectivity index (χ1n) is 5.41. The molecule has 0 aromatic heterocycles. The number of hydrogen-bond acceptors (Lipinski definition) is 2. The van der Waals surface area contributed by atoms with E-state index >= 15 is 0 Å². The van der Waals surface area contributed by atoms with Gasteiger partial charge in [0, 0.05) is 5.70 Å². The Balaban J connectivity index is 2.49. The highest BCUT2D eigenvalue weighted by atomic mass is 35.5. The number of primary amides is 1. The van der Waals surface area contributed by atoms with Crippen molar-refractivity contribution in [3.63, 3.8) is 0 Å². The summed E-state index contributed by atoms with van der Waals surface area (Å²) < 4.78 is 0. The summed E-state index contributed by atoms with van der Waals surface area (Å²) in [4.78, 5) is 11.6. The molecule has 2 rings (SSSR count). The Morgan fingerprint density at radius 2 is 2.11 bits per heavy atom. The lowest BCUT2D eigenvalue weighted by molar-refractivity contribution is -0.121. The van der Waals surface area contributed by atoms with Gasteiger partial charge in [-0.1, -0.05) is 41.9 Å². The highest BCUT2D eigenvalue weighted by molar-refractivity contribution is 7.80. The zero-order valence-electron chi connectivity index (χ0n) is 9.74. The molecule has 1 aliphatic rings. The minimum Gasteiger partial charge on any atom is -0.369 e. The third-order valence-electron chi connectivity index (χ3n) is 2.89. The van der Waals surface area contributed by atoms with Crippen LogP contribution in [-0.2, 0) is 4.79 Å². The molecule has 0 radical (unpaired) electrons. The van der Waals surface area contributed by atoms with Gasteiger partial charge in [0.2, 0.25) is 5.91 Å². The fraction of sp³-hybridized carbons (Fsp3) is 0.167. The van der Waals surface area contributed by atoms with E-state index in [1.54, 1.807) is 18.2 Å². The number of thiocarbonyl (C=S) groups is 1. The van der Waals surface area contributed by atoms with E-state index in [1.807, 2.05) is 0 Å². The van der Waals surface area contributed by atoms with Crippen molar-refractivity contribution in [3.05, 3.63) is 46.1 Å². The number of carbonyl (C=O) groups excluding carboxylic acids is 1. The summed E-state index contributed by atoms with van der Waals surface area (Å²) >= 11 is 17.2. The first kappa shape index (κ1) is 14.1. The molecule has 0 saturated carbocycles. The van der Waals surface area contributed by atoms with Crippen LogP contribution in [0.4, 0.5) is 0 Å². The van der Waals surface area contributed by atoms with Gasteiger partial charge in [0.05, 0.1) is 16.1 Å². The molecule has 1 aromatic carbocycles. The normalized spacial score (nSPS) is 22.6. The number of nitrogens with one attached hydrogen (secondary N) is 2. The fourth-order valence-electron chi connectivity index (χ4n) is 2.04. The van der Waals surface area contributed by atoms with E-state index in [0.717, 1.165) is 0 Å². The largest absolute Gasteiger partial charge is 0.369 e. The molecule has 100 valence electrons. The molecular formula is C12H11Cl2N3OS. The van der Waals surface area contributed by atoms with Crippen LogP contribution in [0.1, 0.15) is 11.6 Å². The number of nitrogens with two attached hydrogens (primary N) is 1. The molecule has 1 amide bonds. The Labute approximate surface area is 125 Å². The van der Waals surface area contributed by atoms with E-state index in [1.165, 1.54) is 0 Å². The van der Waals surface area contributed by atoms with Crippen molar-refractivity contribution in [1.82, 2.24) is 10.6 Å². The maximum absolute atomic E-state index is 11.6. The van der Waals surface area contributed by atoms with Crippen LogP contribution in [0.5, 0.6) is 0 Å². The maximum Gasteiger partial charge on any atom is 0.228 e. The molecule has 4 nitrogen and oxygen atoms in total. The van der Waals surface area contributed by atoms with Crippen LogP contribution < -0.4 is 16.4 Å². The number of amides is 1. The molecule has 7 heteroatoms. The van der Waals surface area contributed by atoms with Crippen LogP contribution in [0.3, 0.4) is 0 Å². The first-order chi connectivity index (χ1) is 8.91. The van der Waals surface area contributed by atoms with Crippen LogP contribution in [-0.4, -0.2) is 11.0 Å². The maximum atomic E-state index is 11.6. The van der Waals surface area contributed by atoms with Gasteiger partial charge in [-0.05, 0) is 23.8 Å². The highest BCUT2D eigenvalue weighted by Gasteiger charge is 2.36. The van der Waals surface area contributed by atoms with Crippen LogP contribution in [0.2, 0.25) is 10.0 Å². The fourth-order valence-corrected chi connectivity index (χ4v) is 2.72. The van der Waals surface area contributed by atoms with Gasteiger partial charge < -0.3 is 16.4 Å². The molecule has 2 atom stereocenters. The Morgan fingerprint density at radius 1 is 1.42 bits per heavy atom. The monoisotopic (exact) mass is 315 g/mol. The van der Waals surface area contributed by atoms with E-state index in [9.17, 15) is 4.79 Å². The molecule has 1 saturated heterocycles. The van der Waals surface area contributed by atoms with Crippen molar-refractivity contribution in [2.75, 3.05) is 0 Å². The van der Waals surface area contributed by atoms with E-state index < -0.39 is 17.9 Å². The molecule has 1 aromatic rings. The standard InChI is InChI=1S/C12H11Cl2N3OS/c1-5-8(11(15)18)10(17-12(19)16-5)6-3-2-4-7(13)9(6)14/h2-4,8,10H,1H2,(H2,15,18)(H2,16,17,19). The molecule has 19 heavy (non-hydrogen) atoms. The summed E-state index contributed by atoms with van der Waals surface area (Å²) in [7, 11) is 0. The van der Waals surface area contributed by atoms with Gasteiger partial charge in [-0.15, -0.1) is 0 Å². The molecule has 0 aliphatic carbocycles. The minimum atomic E-state index is -0.664. The molecule has 1 heterocycles. The van der Waals surface area contributed by atoms with Gasteiger partial charge >= 0.3 is 0 Å². The van der Waals surface area contributed by atoms with Gasteiger partial charge in [0.25, 0.3) is 0 Å². The molecule has 1 aliphatic heterocycles. The molecular weight excluding hydrogens is 305 g/mol. The number of halogens is 2. The van der Waals surface area contributed by atoms with Crippen molar-refractivity contribution < 1.29 is 4.79 Å². The predicted molar refractivity (Wildman–Crippen MR) is 79.9 cm³/mol. The highest BCUT2D eigenvalue weighted by Crippen LogP contribution is 2.36. The van der Waals surface area contributed by atoms with E-state index in [4.69, 9.17) is 41.2 Å². The third kappa shape index (κ3) is 2.68. The van der Waals surface area contributed by atoms with E-state index in [-0.39, 0.29) is 0 Å². The second kappa shape index (κ2) is 5.36. The lowest BCUT2D eigenvalue weighted by Crippen LogP contribution is -2.52. The average Bonchev–Trinajstić information content (AvgIpc) is 2.31. The number of carbonyl (C=O) groups is 1. The van der Waals surface area contributed by atoms with E-state index in [0.29, 0.717) is 26.4 Å². The molecule has 0 spiro atoms.